The van der Waals surface area contributed by atoms with Gasteiger partial charge in [0.25, 0.3) is 5.91 Å². The molecule has 2 rings (SSSR count). The maximum Gasteiger partial charge on any atom is 0.251 e. The van der Waals surface area contributed by atoms with Gasteiger partial charge in [-0.25, -0.2) is 0 Å². The fourth-order valence-corrected chi connectivity index (χ4v) is 1.85. The van der Waals surface area contributed by atoms with Gasteiger partial charge >= 0.3 is 0 Å². The van der Waals surface area contributed by atoms with Crippen LogP contribution in [0.4, 0.5) is 0 Å². The molecule has 1 atom stereocenters. The lowest BCUT2D eigenvalue weighted by atomic mass is 10.1. The van der Waals surface area contributed by atoms with Crippen molar-refractivity contribution in [1.29, 1.82) is 0 Å². The van der Waals surface area contributed by atoms with Crippen LogP contribution in [0.15, 0.2) is 12.1 Å². The van der Waals surface area contributed by atoms with E-state index in [2.05, 4.69) is 5.32 Å². The van der Waals surface area contributed by atoms with Gasteiger partial charge in [0.15, 0.2) is 11.5 Å². The maximum atomic E-state index is 11.8. The van der Waals surface area contributed by atoms with Crippen LogP contribution < -0.4 is 14.8 Å². The van der Waals surface area contributed by atoms with Crippen LogP contribution in [0.1, 0.15) is 17.3 Å². The quantitative estimate of drug-likeness (QED) is 0.867. The van der Waals surface area contributed by atoms with Gasteiger partial charge in [-0.15, -0.1) is 0 Å². The van der Waals surface area contributed by atoms with Crippen LogP contribution in [0.2, 0.25) is 5.02 Å². The minimum absolute atomic E-state index is 0.185. The normalized spacial score (nSPS) is 15.1. The van der Waals surface area contributed by atoms with E-state index in [1.54, 1.807) is 13.0 Å². The summed E-state index contributed by atoms with van der Waals surface area (Å²) in [6.45, 7) is 2.66. The van der Waals surface area contributed by atoms with Crippen molar-refractivity contribution in [2.45, 2.75) is 13.0 Å². The number of nitrogens with one attached hydrogen (secondary N) is 1. The van der Waals surface area contributed by atoms with E-state index in [1.165, 1.54) is 6.07 Å². The van der Waals surface area contributed by atoms with Crippen molar-refractivity contribution in [3.8, 4) is 11.5 Å². The van der Waals surface area contributed by atoms with Crippen LogP contribution in [0.3, 0.4) is 0 Å². The summed E-state index contributed by atoms with van der Waals surface area (Å²) in [6.07, 6.45) is -0.596. The molecule has 5 nitrogen and oxygen atoms in total. The Morgan fingerprint density at radius 2 is 2.22 bits per heavy atom. The largest absolute Gasteiger partial charge is 0.486 e. The number of aliphatic hydroxyl groups is 1. The topological polar surface area (TPSA) is 67.8 Å². The van der Waals surface area contributed by atoms with E-state index in [0.717, 1.165) is 0 Å². The van der Waals surface area contributed by atoms with Crippen LogP contribution in [0.5, 0.6) is 11.5 Å². The first kappa shape index (κ1) is 13.0. The molecule has 98 valence electrons. The summed E-state index contributed by atoms with van der Waals surface area (Å²) < 4.78 is 10.7. The number of hydrogen-bond acceptors (Lipinski definition) is 4. The predicted octanol–water partition coefficient (Wildman–Crippen LogP) is 1.22. The minimum Gasteiger partial charge on any atom is -0.486 e. The second kappa shape index (κ2) is 5.46. The zero-order chi connectivity index (χ0) is 13.1. The van der Waals surface area contributed by atoms with Crippen LogP contribution in [0, 0.1) is 0 Å². The molecule has 1 aromatic carbocycles. The van der Waals surface area contributed by atoms with E-state index in [9.17, 15) is 4.79 Å². The second-order valence-corrected chi connectivity index (χ2v) is 4.45. The Kier molecular flexibility index (Phi) is 3.93. The average Bonchev–Trinajstić information content (AvgIpc) is 2.36. The molecule has 2 N–H and O–H groups in total. The fraction of sp³-hybridized carbons (Fsp3) is 0.417. The molecule has 6 heteroatoms. The van der Waals surface area contributed by atoms with Gasteiger partial charge in [0.2, 0.25) is 0 Å². The number of carbonyl (C=O) groups is 1. The van der Waals surface area contributed by atoms with Crippen molar-refractivity contribution in [2.75, 3.05) is 19.8 Å². The molecule has 0 aromatic heterocycles. The SMILES string of the molecule is C[C@H](O)CNC(=O)c1cc(Cl)c2c(c1)OCCO2. The van der Waals surface area contributed by atoms with Gasteiger partial charge in [-0.05, 0) is 19.1 Å². The average molecular weight is 272 g/mol. The van der Waals surface area contributed by atoms with E-state index in [1.807, 2.05) is 0 Å². The van der Waals surface area contributed by atoms with Crippen LogP contribution in [-0.4, -0.2) is 36.9 Å². The molecule has 0 saturated carbocycles. The number of ether oxygens (including phenoxy) is 2. The van der Waals surface area contributed by atoms with E-state index in [-0.39, 0.29) is 12.5 Å². The van der Waals surface area contributed by atoms with E-state index < -0.39 is 6.10 Å². The molecule has 0 spiro atoms. The van der Waals surface area contributed by atoms with Gasteiger partial charge in [-0.2, -0.15) is 0 Å². The van der Waals surface area contributed by atoms with Gasteiger partial charge in [0, 0.05) is 12.1 Å². The molecule has 0 unspecified atom stereocenters. The molecule has 18 heavy (non-hydrogen) atoms. The molecule has 1 heterocycles. The van der Waals surface area contributed by atoms with E-state index in [0.29, 0.717) is 35.3 Å². The monoisotopic (exact) mass is 271 g/mol. The lowest BCUT2D eigenvalue weighted by Crippen LogP contribution is -2.30. The number of halogens is 1. The standard InChI is InChI=1S/C12H14ClNO4/c1-7(15)6-14-12(16)8-4-9(13)11-10(5-8)17-2-3-18-11/h4-5,7,15H,2-3,6H2,1H3,(H,14,16)/t7-/m0/s1. The summed E-state index contributed by atoms with van der Waals surface area (Å²) >= 11 is 6.02. The molecular formula is C12H14ClNO4. The van der Waals surface area contributed by atoms with Crippen molar-refractivity contribution in [1.82, 2.24) is 5.32 Å². The molecule has 0 saturated heterocycles. The molecule has 0 bridgehead atoms. The number of amides is 1. The highest BCUT2D eigenvalue weighted by atomic mass is 35.5. The van der Waals surface area contributed by atoms with Crippen molar-refractivity contribution in [3.05, 3.63) is 22.7 Å². The summed E-state index contributed by atoms with van der Waals surface area (Å²) in [7, 11) is 0. The predicted molar refractivity (Wildman–Crippen MR) is 66.5 cm³/mol. The van der Waals surface area contributed by atoms with Crippen molar-refractivity contribution in [3.63, 3.8) is 0 Å². The Balaban J connectivity index is 2.19. The molecule has 1 aromatic rings. The molecule has 0 aliphatic carbocycles. The van der Waals surface area contributed by atoms with E-state index >= 15 is 0 Å². The lowest BCUT2D eigenvalue weighted by molar-refractivity contribution is 0.0923. The zero-order valence-electron chi connectivity index (χ0n) is 9.90. The van der Waals surface area contributed by atoms with Gasteiger partial charge in [0.1, 0.15) is 13.2 Å². The summed E-state index contributed by atoms with van der Waals surface area (Å²) in [5, 5.41) is 12.0. The van der Waals surface area contributed by atoms with Gasteiger partial charge in [0.05, 0.1) is 11.1 Å². The second-order valence-electron chi connectivity index (χ2n) is 4.04. The van der Waals surface area contributed by atoms with Crippen molar-refractivity contribution in [2.24, 2.45) is 0 Å². The summed E-state index contributed by atoms with van der Waals surface area (Å²) in [5.74, 6) is 0.626. The minimum atomic E-state index is -0.596. The molecule has 0 fully saturated rings. The number of rotatable bonds is 3. The summed E-state index contributed by atoms with van der Waals surface area (Å²) in [4.78, 5) is 11.8. The third kappa shape index (κ3) is 2.86. The molecule has 1 aliphatic heterocycles. The number of benzene rings is 1. The maximum absolute atomic E-state index is 11.8. The molecule has 1 amide bonds. The first-order valence-electron chi connectivity index (χ1n) is 5.63. The number of aliphatic hydroxyl groups excluding tert-OH is 1. The van der Waals surface area contributed by atoms with E-state index in [4.69, 9.17) is 26.2 Å². The number of fused-ring (bicyclic) bond motifs is 1. The first-order valence-corrected chi connectivity index (χ1v) is 6.01. The summed E-state index contributed by atoms with van der Waals surface area (Å²) in [5.41, 5.74) is 0.380. The Hall–Kier alpha value is -1.46. The highest BCUT2D eigenvalue weighted by Crippen LogP contribution is 2.38. The zero-order valence-corrected chi connectivity index (χ0v) is 10.7. The van der Waals surface area contributed by atoms with Crippen molar-refractivity contribution < 1.29 is 19.4 Å². The van der Waals surface area contributed by atoms with Gasteiger partial charge in [-0.3, -0.25) is 4.79 Å². The van der Waals surface area contributed by atoms with Crippen molar-refractivity contribution >= 4 is 17.5 Å². The highest BCUT2D eigenvalue weighted by molar-refractivity contribution is 6.32. The first-order chi connectivity index (χ1) is 8.58. The third-order valence-electron chi connectivity index (χ3n) is 2.42. The molecular weight excluding hydrogens is 258 g/mol. The van der Waals surface area contributed by atoms with Crippen LogP contribution in [0.25, 0.3) is 0 Å². The van der Waals surface area contributed by atoms with Crippen LogP contribution >= 0.6 is 11.6 Å². The summed E-state index contributed by atoms with van der Waals surface area (Å²) in [6, 6.07) is 3.10. The van der Waals surface area contributed by atoms with Gasteiger partial charge in [-0.1, -0.05) is 11.6 Å². The highest BCUT2D eigenvalue weighted by Gasteiger charge is 2.19. The smallest absolute Gasteiger partial charge is 0.251 e. The number of hydrogen-bond donors (Lipinski definition) is 2. The lowest BCUT2D eigenvalue weighted by Gasteiger charge is -2.20. The van der Waals surface area contributed by atoms with Gasteiger partial charge < -0.3 is 19.9 Å². The fourth-order valence-electron chi connectivity index (χ4n) is 1.58. The van der Waals surface area contributed by atoms with Crippen LogP contribution in [-0.2, 0) is 0 Å². The Labute approximate surface area is 110 Å². The Morgan fingerprint density at radius 1 is 1.50 bits per heavy atom. The molecule has 1 aliphatic rings. The Bertz CT molecular complexity index is 462. The molecule has 0 radical (unpaired) electrons. The number of carbonyl (C=O) groups excluding carboxylic acids is 1. The third-order valence-corrected chi connectivity index (χ3v) is 2.70. The Morgan fingerprint density at radius 3 is 2.94 bits per heavy atom.